The lowest BCUT2D eigenvalue weighted by Gasteiger charge is -2.09. The minimum absolute atomic E-state index is 0.0802. The van der Waals surface area contributed by atoms with Crippen LogP contribution in [0, 0.1) is 0 Å². The van der Waals surface area contributed by atoms with Gasteiger partial charge in [-0.25, -0.2) is 5.43 Å². The molecule has 3 rings (SSSR count). The van der Waals surface area contributed by atoms with Crippen molar-refractivity contribution in [1.82, 2.24) is 10.7 Å². The molecule has 0 radical (unpaired) electrons. The van der Waals surface area contributed by atoms with Crippen LogP contribution in [0.4, 0.5) is 5.69 Å². The van der Waals surface area contributed by atoms with Gasteiger partial charge in [-0.05, 0) is 42.5 Å². The van der Waals surface area contributed by atoms with E-state index in [4.69, 9.17) is 20.8 Å². The molecular weight excluding hydrogens is 436 g/mol. The minimum Gasteiger partial charge on any atom is -0.483 e. The third kappa shape index (κ3) is 6.99. The number of nitrogens with zero attached hydrogens (tertiary/aromatic N) is 1. The van der Waals surface area contributed by atoms with Crippen molar-refractivity contribution < 1.29 is 23.5 Å². The quantitative estimate of drug-likeness (QED) is 0.274. The number of ether oxygens (including phenoxy) is 1. The van der Waals surface area contributed by atoms with Gasteiger partial charge in [0.1, 0.15) is 11.5 Å². The molecular formula is C22H19ClN4O5. The van der Waals surface area contributed by atoms with Crippen LogP contribution in [0.5, 0.6) is 5.75 Å². The van der Waals surface area contributed by atoms with Gasteiger partial charge in [0, 0.05) is 16.3 Å². The second kappa shape index (κ2) is 11.3. The number of hydrogen-bond acceptors (Lipinski definition) is 6. The van der Waals surface area contributed by atoms with Crippen molar-refractivity contribution in [1.29, 1.82) is 0 Å². The third-order valence-corrected chi connectivity index (χ3v) is 4.20. The highest BCUT2D eigenvalue weighted by Crippen LogP contribution is 2.17. The third-order valence-electron chi connectivity index (χ3n) is 3.97. The van der Waals surface area contributed by atoms with Gasteiger partial charge in [0.2, 0.25) is 0 Å². The number of carbonyl (C=O) groups is 3. The number of nitrogens with one attached hydrogen (secondary N) is 3. The Labute approximate surface area is 188 Å². The zero-order valence-electron chi connectivity index (χ0n) is 16.7. The first-order chi connectivity index (χ1) is 15.5. The molecule has 0 atom stereocenters. The average Bonchev–Trinajstić information content (AvgIpc) is 3.30. The van der Waals surface area contributed by atoms with Crippen LogP contribution in [-0.2, 0) is 20.9 Å². The van der Waals surface area contributed by atoms with Crippen molar-refractivity contribution in [3.05, 3.63) is 83.3 Å². The zero-order valence-corrected chi connectivity index (χ0v) is 17.5. The van der Waals surface area contributed by atoms with E-state index in [0.717, 1.165) is 0 Å². The maximum atomic E-state index is 12.1. The molecule has 0 saturated carbocycles. The molecule has 3 N–H and O–H groups in total. The molecule has 1 heterocycles. The number of hydrazone groups is 1. The molecule has 10 heteroatoms. The van der Waals surface area contributed by atoms with E-state index in [2.05, 4.69) is 21.2 Å². The number of furan rings is 1. The summed E-state index contributed by atoms with van der Waals surface area (Å²) >= 11 is 5.90. The fraction of sp³-hybridized carbons (Fsp3) is 0.0909. The summed E-state index contributed by atoms with van der Waals surface area (Å²) in [5.74, 6) is -1.29. The summed E-state index contributed by atoms with van der Waals surface area (Å²) in [6.07, 6.45) is 2.77. The molecule has 9 nitrogen and oxygen atoms in total. The number of anilines is 1. The van der Waals surface area contributed by atoms with Crippen LogP contribution in [-0.4, -0.2) is 30.5 Å². The first kappa shape index (κ1) is 22.6. The molecule has 0 fully saturated rings. The number of hydrogen-bond donors (Lipinski definition) is 3. The largest absolute Gasteiger partial charge is 0.483 e. The van der Waals surface area contributed by atoms with E-state index in [1.54, 1.807) is 60.7 Å². The number of amides is 3. The number of para-hydroxylation sites is 1. The van der Waals surface area contributed by atoms with Crippen molar-refractivity contribution >= 4 is 41.2 Å². The van der Waals surface area contributed by atoms with Gasteiger partial charge < -0.3 is 19.8 Å². The number of benzene rings is 2. The summed E-state index contributed by atoms with van der Waals surface area (Å²) in [4.78, 5) is 35.7. The monoisotopic (exact) mass is 454 g/mol. The van der Waals surface area contributed by atoms with Gasteiger partial charge in [0.05, 0.1) is 19.0 Å². The summed E-state index contributed by atoms with van der Waals surface area (Å²) in [6.45, 7) is -0.171. The maximum absolute atomic E-state index is 12.1. The van der Waals surface area contributed by atoms with Gasteiger partial charge in [-0.3, -0.25) is 14.4 Å². The van der Waals surface area contributed by atoms with Gasteiger partial charge in [0.25, 0.3) is 5.91 Å². The van der Waals surface area contributed by atoms with Crippen molar-refractivity contribution in [2.45, 2.75) is 6.54 Å². The van der Waals surface area contributed by atoms with Crippen LogP contribution < -0.4 is 20.8 Å². The van der Waals surface area contributed by atoms with Crippen molar-refractivity contribution in [3.8, 4) is 5.75 Å². The predicted octanol–water partition coefficient (Wildman–Crippen LogP) is 2.72. The number of rotatable bonds is 8. The second-order valence-electron chi connectivity index (χ2n) is 6.35. The van der Waals surface area contributed by atoms with Gasteiger partial charge in [0.15, 0.2) is 6.61 Å². The smallest absolute Gasteiger partial charge is 0.329 e. The van der Waals surface area contributed by atoms with Crippen molar-refractivity contribution in [2.24, 2.45) is 5.10 Å². The molecule has 1 aromatic heterocycles. The van der Waals surface area contributed by atoms with E-state index in [1.165, 1.54) is 12.5 Å². The lowest BCUT2D eigenvalue weighted by atomic mass is 10.2. The molecule has 0 aliphatic heterocycles. The van der Waals surface area contributed by atoms with E-state index in [0.29, 0.717) is 27.8 Å². The van der Waals surface area contributed by atoms with E-state index in [-0.39, 0.29) is 19.1 Å². The molecule has 3 amide bonds. The summed E-state index contributed by atoms with van der Waals surface area (Å²) in [5, 5.41) is 9.35. The fourth-order valence-electron chi connectivity index (χ4n) is 2.50. The Kier molecular flexibility index (Phi) is 7.99. The average molecular weight is 455 g/mol. The molecule has 0 saturated heterocycles. The zero-order chi connectivity index (χ0) is 22.8. The van der Waals surface area contributed by atoms with Gasteiger partial charge in [-0.2, -0.15) is 5.10 Å². The van der Waals surface area contributed by atoms with Crippen LogP contribution in [0.1, 0.15) is 11.3 Å². The lowest BCUT2D eigenvalue weighted by molar-refractivity contribution is -0.139. The van der Waals surface area contributed by atoms with Crippen molar-refractivity contribution in [3.63, 3.8) is 0 Å². The van der Waals surface area contributed by atoms with Crippen LogP contribution >= 0.6 is 11.6 Å². The molecule has 32 heavy (non-hydrogen) atoms. The topological polar surface area (TPSA) is 122 Å². The van der Waals surface area contributed by atoms with E-state index in [9.17, 15) is 14.4 Å². The summed E-state index contributed by atoms with van der Waals surface area (Å²) in [6, 6.07) is 16.9. The molecule has 164 valence electrons. The summed E-state index contributed by atoms with van der Waals surface area (Å²) < 4.78 is 10.6. The van der Waals surface area contributed by atoms with Crippen molar-refractivity contribution in [2.75, 3.05) is 11.9 Å². The van der Waals surface area contributed by atoms with Crippen LogP contribution in [0.2, 0.25) is 5.02 Å². The van der Waals surface area contributed by atoms with E-state index < -0.39 is 11.8 Å². The highest BCUT2D eigenvalue weighted by atomic mass is 35.5. The second-order valence-corrected chi connectivity index (χ2v) is 6.78. The van der Waals surface area contributed by atoms with Gasteiger partial charge in [-0.1, -0.05) is 29.8 Å². The molecule has 0 bridgehead atoms. The van der Waals surface area contributed by atoms with Gasteiger partial charge in [-0.15, -0.1) is 0 Å². The standard InChI is InChI=1S/C22H19ClN4O5/c23-16-6-3-7-17(11-16)26-20(28)14-32-19-9-2-1-5-15(19)12-25-27-22(30)21(29)24-13-18-8-4-10-31-18/h1-12H,13-14H2,(H,24,29)(H,26,28)(H,27,30)/b25-12-. The minimum atomic E-state index is -0.938. The Morgan fingerprint density at radius 1 is 1.03 bits per heavy atom. The first-order valence-corrected chi connectivity index (χ1v) is 9.80. The van der Waals surface area contributed by atoms with Crippen LogP contribution in [0.25, 0.3) is 0 Å². The summed E-state index contributed by atoms with van der Waals surface area (Å²) in [7, 11) is 0. The van der Waals surface area contributed by atoms with Crippen LogP contribution in [0.3, 0.4) is 0 Å². The summed E-state index contributed by atoms with van der Waals surface area (Å²) in [5.41, 5.74) is 3.18. The number of carbonyl (C=O) groups excluding carboxylic acids is 3. The SMILES string of the molecule is O=C(COc1ccccc1/C=N\NC(=O)C(=O)NCc1ccco1)Nc1cccc(Cl)c1. The Balaban J connectivity index is 1.49. The highest BCUT2D eigenvalue weighted by Gasteiger charge is 2.13. The first-order valence-electron chi connectivity index (χ1n) is 9.42. The highest BCUT2D eigenvalue weighted by molar-refractivity contribution is 6.35. The Morgan fingerprint density at radius 2 is 1.88 bits per heavy atom. The van der Waals surface area contributed by atoms with E-state index >= 15 is 0 Å². The number of halogens is 1. The Bertz CT molecular complexity index is 1120. The Hall–Kier alpha value is -4.11. The predicted molar refractivity (Wildman–Crippen MR) is 118 cm³/mol. The van der Waals surface area contributed by atoms with Crippen LogP contribution in [0.15, 0.2) is 76.4 Å². The lowest BCUT2D eigenvalue weighted by Crippen LogP contribution is -2.37. The fourth-order valence-corrected chi connectivity index (χ4v) is 2.69. The molecule has 0 unspecified atom stereocenters. The molecule has 3 aromatic rings. The normalized spacial score (nSPS) is 10.5. The van der Waals surface area contributed by atoms with E-state index in [1.807, 2.05) is 0 Å². The molecule has 0 spiro atoms. The van der Waals surface area contributed by atoms with Gasteiger partial charge >= 0.3 is 11.8 Å². The maximum Gasteiger partial charge on any atom is 0.329 e. The molecule has 0 aliphatic rings. The Morgan fingerprint density at radius 3 is 2.66 bits per heavy atom. The molecule has 2 aromatic carbocycles. The molecule has 0 aliphatic carbocycles.